The van der Waals surface area contributed by atoms with Crippen molar-refractivity contribution < 1.29 is 13.7 Å². The van der Waals surface area contributed by atoms with E-state index in [0.717, 1.165) is 25.9 Å². The van der Waals surface area contributed by atoms with Gasteiger partial charge in [-0.2, -0.15) is 4.98 Å². The molecule has 1 aromatic heterocycles. The fourth-order valence-electron chi connectivity index (χ4n) is 3.45. The van der Waals surface area contributed by atoms with E-state index in [4.69, 9.17) is 9.26 Å². The second kappa shape index (κ2) is 5.39. The number of hydrogen-bond donors (Lipinski definition) is 0. The van der Waals surface area contributed by atoms with E-state index in [-0.39, 0.29) is 18.0 Å². The van der Waals surface area contributed by atoms with Crippen LogP contribution in [0, 0.1) is 5.82 Å². The number of ether oxygens (including phenoxy) is 1. The smallest absolute Gasteiger partial charge is 0.257 e. The van der Waals surface area contributed by atoms with E-state index in [9.17, 15) is 4.39 Å². The molecule has 2 fully saturated rings. The zero-order valence-corrected chi connectivity index (χ0v) is 13.3. The Labute approximate surface area is 134 Å². The summed E-state index contributed by atoms with van der Waals surface area (Å²) in [5.41, 5.74) is 0.224. The molecule has 2 aliphatic rings. The van der Waals surface area contributed by atoms with Crippen molar-refractivity contribution in [1.82, 2.24) is 15.0 Å². The first kappa shape index (κ1) is 14.8. The molecule has 1 saturated carbocycles. The van der Waals surface area contributed by atoms with E-state index in [2.05, 4.69) is 15.0 Å². The average molecular weight is 317 g/mol. The number of rotatable bonds is 3. The van der Waals surface area contributed by atoms with Crippen LogP contribution < -0.4 is 0 Å². The van der Waals surface area contributed by atoms with Crippen molar-refractivity contribution in [3.8, 4) is 0 Å². The Hall–Kier alpha value is -1.79. The van der Waals surface area contributed by atoms with Crippen LogP contribution in [0.25, 0.3) is 0 Å². The Morgan fingerprint density at radius 2 is 2.04 bits per heavy atom. The monoisotopic (exact) mass is 317 g/mol. The number of halogens is 1. The lowest BCUT2D eigenvalue weighted by molar-refractivity contribution is -0.0838. The minimum Gasteiger partial charge on any atom is -0.363 e. The van der Waals surface area contributed by atoms with E-state index < -0.39 is 5.41 Å². The average Bonchev–Trinajstić information content (AvgIpc) is 3.16. The Balaban J connectivity index is 1.62. The maximum absolute atomic E-state index is 14.2. The van der Waals surface area contributed by atoms with Crippen LogP contribution >= 0.6 is 0 Å². The van der Waals surface area contributed by atoms with Gasteiger partial charge in [-0.25, -0.2) is 4.39 Å². The van der Waals surface area contributed by atoms with E-state index in [0.29, 0.717) is 17.3 Å². The summed E-state index contributed by atoms with van der Waals surface area (Å²) in [5.74, 6) is 0.849. The summed E-state index contributed by atoms with van der Waals surface area (Å²) in [7, 11) is 2.05. The van der Waals surface area contributed by atoms with Gasteiger partial charge in [-0.05, 0) is 32.9 Å². The SMILES string of the molecule is C[C@@H]1CN(C)C[C@H](c2nc(C3(c4ccccc4F)CC3)no2)O1. The normalized spacial score (nSPS) is 27.1. The highest BCUT2D eigenvalue weighted by Gasteiger charge is 2.51. The van der Waals surface area contributed by atoms with E-state index in [1.54, 1.807) is 6.07 Å². The van der Waals surface area contributed by atoms with Gasteiger partial charge in [0.15, 0.2) is 5.82 Å². The van der Waals surface area contributed by atoms with Crippen molar-refractivity contribution >= 4 is 0 Å². The molecule has 0 spiro atoms. The van der Waals surface area contributed by atoms with Gasteiger partial charge in [0.25, 0.3) is 5.89 Å². The van der Waals surface area contributed by atoms with Gasteiger partial charge in [0.2, 0.25) is 0 Å². The predicted octanol–water partition coefficient (Wildman–Crippen LogP) is 2.68. The first-order valence-electron chi connectivity index (χ1n) is 8.01. The van der Waals surface area contributed by atoms with E-state index in [1.807, 2.05) is 26.1 Å². The Kier molecular flexibility index (Phi) is 3.46. The molecule has 0 bridgehead atoms. The van der Waals surface area contributed by atoms with Crippen molar-refractivity contribution in [2.45, 2.75) is 37.4 Å². The third kappa shape index (κ3) is 2.56. The largest absolute Gasteiger partial charge is 0.363 e. The van der Waals surface area contributed by atoms with Crippen LogP contribution in [0.4, 0.5) is 4.39 Å². The second-order valence-electron chi connectivity index (χ2n) is 6.67. The van der Waals surface area contributed by atoms with Crippen molar-refractivity contribution in [2.75, 3.05) is 20.1 Å². The van der Waals surface area contributed by atoms with E-state index >= 15 is 0 Å². The molecule has 1 aromatic carbocycles. The van der Waals surface area contributed by atoms with Crippen LogP contribution in [0.5, 0.6) is 0 Å². The minimum absolute atomic E-state index is 0.121. The number of nitrogens with zero attached hydrogens (tertiary/aromatic N) is 3. The minimum atomic E-state index is -0.431. The van der Waals surface area contributed by atoms with E-state index in [1.165, 1.54) is 6.07 Å². The molecule has 1 aliphatic carbocycles. The van der Waals surface area contributed by atoms with Gasteiger partial charge in [0.05, 0.1) is 11.5 Å². The zero-order valence-electron chi connectivity index (χ0n) is 13.3. The lowest BCUT2D eigenvalue weighted by atomic mass is 9.95. The van der Waals surface area contributed by atoms with Crippen LogP contribution in [-0.2, 0) is 10.2 Å². The number of aromatic nitrogens is 2. The number of benzene rings is 1. The Morgan fingerprint density at radius 3 is 2.74 bits per heavy atom. The quantitative estimate of drug-likeness (QED) is 0.871. The second-order valence-corrected chi connectivity index (χ2v) is 6.67. The summed E-state index contributed by atoms with van der Waals surface area (Å²) in [5, 5.41) is 4.14. The van der Waals surface area contributed by atoms with Gasteiger partial charge in [-0.3, -0.25) is 0 Å². The summed E-state index contributed by atoms with van der Waals surface area (Å²) < 4.78 is 25.5. The van der Waals surface area contributed by atoms with Gasteiger partial charge in [0, 0.05) is 18.7 Å². The molecular formula is C17H20FN3O2. The molecular weight excluding hydrogens is 297 g/mol. The predicted molar refractivity (Wildman–Crippen MR) is 81.5 cm³/mol. The van der Waals surface area contributed by atoms with Crippen LogP contribution in [0.15, 0.2) is 28.8 Å². The maximum atomic E-state index is 14.2. The highest BCUT2D eigenvalue weighted by molar-refractivity contribution is 5.39. The van der Waals surface area contributed by atoms with Crippen LogP contribution in [0.1, 0.15) is 43.1 Å². The molecule has 23 heavy (non-hydrogen) atoms. The zero-order chi connectivity index (χ0) is 16.0. The molecule has 0 amide bonds. The molecule has 5 nitrogen and oxygen atoms in total. The highest BCUT2D eigenvalue weighted by atomic mass is 19.1. The lowest BCUT2D eigenvalue weighted by Gasteiger charge is -2.32. The van der Waals surface area contributed by atoms with Crippen molar-refractivity contribution in [2.24, 2.45) is 0 Å². The van der Waals surface area contributed by atoms with Crippen molar-refractivity contribution in [3.05, 3.63) is 47.4 Å². The molecule has 0 unspecified atom stereocenters. The van der Waals surface area contributed by atoms with Crippen molar-refractivity contribution in [3.63, 3.8) is 0 Å². The maximum Gasteiger partial charge on any atom is 0.257 e. The fraction of sp³-hybridized carbons (Fsp3) is 0.529. The van der Waals surface area contributed by atoms with Gasteiger partial charge in [-0.1, -0.05) is 23.4 Å². The summed E-state index contributed by atoms with van der Waals surface area (Å²) in [4.78, 5) is 6.75. The summed E-state index contributed by atoms with van der Waals surface area (Å²) in [6, 6.07) is 6.84. The Bertz CT molecular complexity index is 703. The first-order chi connectivity index (χ1) is 11.1. The third-order valence-corrected chi connectivity index (χ3v) is 4.73. The molecule has 2 aromatic rings. The van der Waals surface area contributed by atoms with Gasteiger partial charge < -0.3 is 14.2 Å². The molecule has 122 valence electrons. The molecule has 0 N–H and O–H groups in total. The Morgan fingerprint density at radius 1 is 1.26 bits per heavy atom. The van der Waals surface area contributed by atoms with Crippen LogP contribution in [0.2, 0.25) is 0 Å². The lowest BCUT2D eigenvalue weighted by Crippen LogP contribution is -2.40. The molecule has 6 heteroatoms. The highest BCUT2D eigenvalue weighted by Crippen LogP contribution is 2.53. The topological polar surface area (TPSA) is 51.4 Å². The fourth-order valence-corrected chi connectivity index (χ4v) is 3.45. The van der Waals surface area contributed by atoms with Crippen LogP contribution in [-0.4, -0.2) is 41.3 Å². The molecule has 1 saturated heterocycles. The summed E-state index contributed by atoms with van der Waals surface area (Å²) in [6.45, 7) is 3.64. The molecule has 2 atom stereocenters. The van der Waals surface area contributed by atoms with Crippen molar-refractivity contribution in [1.29, 1.82) is 0 Å². The molecule has 2 heterocycles. The molecule has 4 rings (SSSR count). The van der Waals surface area contributed by atoms with Gasteiger partial charge in [-0.15, -0.1) is 0 Å². The molecule has 0 radical (unpaired) electrons. The van der Waals surface area contributed by atoms with Gasteiger partial charge in [0.1, 0.15) is 11.9 Å². The van der Waals surface area contributed by atoms with Crippen LogP contribution in [0.3, 0.4) is 0 Å². The first-order valence-corrected chi connectivity index (χ1v) is 8.01. The number of morpholine rings is 1. The number of hydrogen-bond acceptors (Lipinski definition) is 5. The van der Waals surface area contributed by atoms with Gasteiger partial charge >= 0.3 is 0 Å². The summed E-state index contributed by atoms with van der Waals surface area (Å²) >= 11 is 0. The standard InChI is InChI=1S/C17H20FN3O2/c1-11-9-21(2)10-14(22-11)15-19-16(20-23-15)17(7-8-17)12-5-3-4-6-13(12)18/h3-6,11,14H,7-10H2,1-2H3/t11-,14-/m1/s1. The number of likely N-dealkylation sites (N-methyl/N-ethyl adjacent to an activating group) is 1. The third-order valence-electron chi connectivity index (χ3n) is 4.73. The molecule has 1 aliphatic heterocycles. The summed E-state index contributed by atoms with van der Waals surface area (Å²) in [6.07, 6.45) is 1.58.